The van der Waals surface area contributed by atoms with Crippen molar-refractivity contribution in [1.82, 2.24) is 0 Å². The predicted octanol–water partition coefficient (Wildman–Crippen LogP) is 4.12. The average molecular weight is 414 g/mol. The summed E-state index contributed by atoms with van der Waals surface area (Å²) >= 11 is 0. The fourth-order valence-electron chi connectivity index (χ4n) is 4.67. The molecule has 0 aromatic heterocycles. The fraction of sp³-hybridized carbons (Fsp3) is 0.200. The first kappa shape index (κ1) is 19.3. The van der Waals surface area contributed by atoms with Crippen LogP contribution in [-0.2, 0) is 24.8 Å². The van der Waals surface area contributed by atoms with Gasteiger partial charge < -0.3 is 10.1 Å². The van der Waals surface area contributed by atoms with E-state index in [0.717, 1.165) is 16.8 Å². The maximum Gasteiger partial charge on any atom is 0.315 e. The first-order valence-corrected chi connectivity index (χ1v) is 10.1. The standard InChI is InChI=1S/C25H22N2O4/c1-16-9-8-10-17(15-16)22-21(23(28)30-2)25(31-27(22)18-11-4-3-5-12-18)19-13-6-7-14-20(19)26-24(25)29/h3-15,21-22H,1-2H3,(H,26,29)/t21-,22+,25?/m1/s1. The molecule has 1 amide bonds. The van der Waals surface area contributed by atoms with E-state index in [2.05, 4.69) is 5.32 Å². The quantitative estimate of drug-likeness (QED) is 0.653. The molecule has 3 aromatic rings. The molecule has 6 nitrogen and oxygen atoms in total. The van der Waals surface area contributed by atoms with Crippen molar-refractivity contribution in [3.05, 3.63) is 95.6 Å². The van der Waals surface area contributed by atoms with Gasteiger partial charge in [-0.3, -0.25) is 14.4 Å². The molecule has 1 spiro atoms. The summed E-state index contributed by atoms with van der Waals surface area (Å²) in [5.41, 5.74) is 2.40. The zero-order chi connectivity index (χ0) is 21.6. The van der Waals surface area contributed by atoms with E-state index < -0.39 is 23.5 Å². The molecule has 0 radical (unpaired) electrons. The maximum atomic E-state index is 13.4. The molecule has 3 aromatic carbocycles. The summed E-state index contributed by atoms with van der Waals surface area (Å²) in [5, 5.41) is 4.57. The number of carbonyl (C=O) groups is 2. The van der Waals surface area contributed by atoms with E-state index >= 15 is 0 Å². The van der Waals surface area contributed by atoms with Crippen LogP contribution in [0.15, 0.2) is 78.9 Å². The summed E-state index contributed by atoms with van der Waals surface area (Å²) in [6.07, 6.45) is 0. The highest BCUT2D eigenvalue weighted by atomic mass is 16.7. The number of amides is 1. The highest BCUT2D eigenvalue weighted by molar-refractivity contribution is 6.08. The average Bonchev–Trinajstić information content (AvgIpc) is 3.30. The van der Waals surface area contributed by atoms with Crippen molar-refractivity contribution in [2.24, 2.45) is 5.92 Å². The predicted molar refractivity (Wildman–Crippen MR) is 116 cm³/mol. The lowest BCUT2D eigenvalue weighted by Crippen LogP contribution is -2.44. The van der Waals surface area contributed by atoms with E-state index in [9.17, 15) is 9.59 Å². The van der Waals surface area contributed by atoms with E-state index in [-0.39, 0.29) is 5.91 Å². The fourth-order valence-corrected chi connectivity index (χ4v) is 4.67. The summed E-state index contributed by atoms with van der Waals surface area (Å²) in [4.78, 5) is 33.2. The molecule has 3 atom stereocenters. The van der Waals surface area contributed by atoms with Gasteiger partial charge in [0.1, 0.15) is 5.92 Å². The summed E-state index contributed by atoms with van der Waals surface area (Å²) in [5.74, 6) is -1.79. The van der Waals surface area contributed by atoms with Crippen LogP contribution in [0.2, 0.25) is 0 Å². The number of rotatable bonds is 3. The topological polar surface area (TPSA) is 67.9 Å². The number of carbonyl (C=O) groups excluding carboxylic acids is 2. The van der Waals surface area contributed by atoms with Crippen molar-refractivity contribution < 1.29 is 19.2 Å². The minimum absolute atomic E-state index is 0.375. The third kappa shape index (κ3) is 2.83. The second-order valence-electron chi connectivity index (χ2n) is 7.85. The van der Waals surface area contributed by atoms with Gasteiger partial charge in [0.05, 0.1) is 18.8 Å². The van der Waals surface area contributed by atoms with Crippen molar-refractivity contribution in [1.29, 1.82) is 0 Å². The normalized spacial score (nSPS) is 24.2. The lowest BCUT2D eigenvalue weighted by atomic mass is 9.76. The van der Waals surface area contributed by atoms with Gasteiger partial charge in [-0.2, -0.15) is 0 Å². The number of hydrogen-bond donors (Lipinski definition) is 1. The smallest absolute Gasteiger partial charge is 0.315 e. The molecule has 156 valence electrons. The molecule has 1 N–H and O–H groups in total. The van der Waals surface area contributed by atoms with Crippen LogP contribution in [0.5, 0.6) is 0 Å². The van der Waals surface area contributed by atoms with Gasteiger partial charge in [-0.25, -0.2) is 5.06 Å². The number of aryl methyl sites for hydroxylation is 1. The van der Waals surface area contributed by atoms with E-state index in [4.69, 9.17) is 9.57 Å². The summed E-state index contributed by atoms with van der Waals surface area (Å²) in [6, 6.07) is 24.1. The molecule has 2 aliphatic heterocycles. The first-order valence-electron chi connectivity index (χ1n) is 10.1. The highest BCUT2D eigenvalue weighted by Gasteiger charge is 2.67. The molecule has 0 aliphatic carbocycles. The lowest BCUT2D eigenvalue weighted by molar-refractivity contribution is -0.159. The second kappa shape index (κ2) is 7.25. The van der Waals surface area contributed by atoms with Gasteiger partial charge in [-0.15, -0.1) is 0 Å². The first-order chi connectivity index (χ1) is 15.1. The van der Waals surface area contributed by atoms with Crippen molar-refractivity contribution in [3.63, 3.8) is 0 Å². The molecular weight excluding hydrogens is 392 g/mol. The highest BCUT2D eigenvalue weighted by Crippen LogP contribution is 2.57. The Hall–Kier alpha value is -3.64. The zero-order valence-electron chi connectivity index (χ0n) is 17.2. The van der Waals surface area contributed by atoms with Gasteiger partial charge >= 0.3 is 5.97 Å². The Bertz CT molecular complexity index is 1160. The Morgan fingerprint density at radius 3 is 2.52 bits per heavy atom. The molecule has 1 saturated heterocycles. The molecular formula is C25H22N2O4. The molecule has 2 heterocycles. The SMILES string of the molecule is COC(=O)[C@H]1[C@H](c2cccc(C)c2)N(c2ccccc2)OC12C(=O)Nc1ccccc12. The van der Waals surface area contributed by atoms with Crippen LogP contribution in [0.3, 0.4) is 0 Å². The minimum Gasteiger partial charge on any atom is -0.469 e. The van der Waals surface area contributed by atoms with E-state index in [1.54, 1.807) is 5.06 Å². The Morgan fingerprint density at radius 2 is 1.77 bits per heavy atom. The molecule has 2 aliphatic rings. The van der Waals surface area contributed by atoms with Crippen LogP contribution in [0.25, 0.3) is 0 Å². The van der Waals surface area contributed by atoms with Gasteiger partial charge in [-0.05, 0) is 30.7 Å². The van der Waals surface area contributed by atoms with Gasteiger partial charge in [0.15, 0.2) is 0 Å². The van der Waals surface area contributed by atoms with Crippen LogP contribution in [0.1, 0.15) is 22.7 Å². The van der Waals surface area contributed by atoms with Gasteiger partial charge in [0, 0.05) is 11.3 Å². The Kier molecular flexibility index (Phi) is 4.52. The summed E-state index contributed by atoms with van der Waals surface area (Å²) in [7, 11) is 1.34. The number of hydroxylamine groups is 1. The Morgan fingerprint density at radius 1 is 1.03 bits per heavy atom. The van der Waals surface area contributed by atoms with Crippen LogP contribution >= 0.6 is 0 Å². The Balaban J connectivity index is 1.78. The summed E-state index contributed by atoms with van der Waals surface area (Å²) < 4.78 is 5.22. The Labute approximate surface area is 180 Å². The van der Waals surface area contributed by atoms with Crippen molar-refractivity contribution in [2.75, 3.05) is 17.5 Å². The molecule has 31 heavy (non-hydrogen) atoms. The molecule has 6 heteroatoms. The van der Waals surface area contributed by atoms with Crippen LogP contribution in [0.4, 0.5) is 11.4 Å². The number of ether oxygens (including phenoxy) is 1. The van der Waals surface area contributed by atoms with Crippen LogP contribution < -0.4 is 10.4 Å². The molecule has 0 bridgehead atoms. The number of fused-ring (bicyclic) bond motifs is 2. The molecule has 0 saturated carbocycles. The lowest BCUT2D eigenvalue weighted by Gasteiger charge is -2.26. The van der Waals surface area contributed by atoms with Crippen molar-refractivity contribution in [2.45, 2.75) is 18.6 Å². The minimum atomic E-state index is -1.53. The maximum absolute atomic E-state index is 13.4. The molecule has 5 rings (SSSR count). The third-order valence-electron chi connectivity index (χ3n) is 6.01. The molecule has 1 fully saturated rings. The number of nitrogens with one attached hydrogen (secondary N) is 1. The van der Waals surface area contributed by atoms with E-state index in [0.29, 0.717) is 11.3 Å². The van der Waals surface area contributed by atoms with E-state index in [1.165, 1.54) is 7.11 Å². The van der Waals surface area contributed by atoms with Gasteiger partial charge in [0.25, 0.3) is 5.91 Å². The van der Waals surface area contributed by atoms with Crippen LogP contribution in [-0.4, -0.2) is 19.0 Å². The number of hydrogen-bond acceptors (Lipinski definition) is 5. The number of methoxy groups -OCH3 is 1. The number of para-hydroxylation sites is 2. The van der Waals surface area contributed by atoms with Crippen molar-refractivity contribution in [3.8, 4) is 0 Å². The van der Waals surface area contributed by atoms with Crippen molar-refractivity contribution >= 4 is 23.3 Å². The summed E-state index contributed by atoms with van der Waals surface area (Å²) in [6.45, 7) is 1.99. The van der Waals surface area contributed by atoms with Crippen LogP contribution in [0, 0.1) is 12.8 Å². The third-order valence-corrected chi connectivity index (χ3v) is 6.01. The second-order valence-corrected chi connectivity index (χ2v) is 7.85. The zero-order valence-corrected chi connectivity index (χ0v) is 17.2. The number of nitrogens with zero attached hydrogens (tertiary/aromatic N) is 1. The monoisotopic (exact) mass is 414 g/mol. The largest absolute Gasteiger partial charge is 0.469 e. The number of esters is 1. The number of benzene rings is 3. The van der Waals surface area contributed by atoms with Gasteiger partial charge in [-0.1, -0.05) is 66.2 Å². The molecule has 1 unspecified atom stereocenters. The number of anilines is 2. The van der Waals surface area contributed by atoms with E-state index in [1.807, 2.05) is 85.8 Å². The van der Waals surface area contributed by atoms with Gasteiger partial charge in [0.2, 0.25) is 5.60 Å².